The number of fused-ring (bicyclic) bond motifs is 3. The van der Waals surface area contributed by atoms with Gasteiger partial charge in [0.25, 0.3) is 0 Å². The molecule has 0 bridgehead atoms. The molecule has 0 spiro atoms. The standard InChI is InChI=1S/C43H46N6O4S/c1-29-21-22-31-23-30-13-12-20-37(30)40(39(29)31)46-42(50)49(54(44,51)38-24-45-48-25-35(28-53-41(38)48)47-26-36(27-47)52-2)43(32-14-6-3-7-15-32,33-16-8-4-9-17-33)34-18-10-5-11-19-34/h3-11,14-19,23-24,29,35-36,44H,12-13,20-22,25-28H2,1-2H3,(H,46,50)/t29-,35-,54-/m0/s1. The SMILES string of the molecule is COC1CN([C@@H]2COc3c([S@@](=N)(=O)N(C(=O)Nc4c5c(cc6c4[C@@H](C)CC6)CCC5)C(c4ccccc4)(c4ccccc4)c4ccccc4)cnn3C2)C1. The van der Waals surface area contributed by atoms with Gasteiger partial charge in [0.1, 0.15) is 17.0 Å². The Bertz CT molecular complexity index is 2190. The molecule has 11 heteroatoms. The largest absolute Gasteiger partial charge is 0.475 e. The number of anilines is 1. The van der Waals surface area contributed by atoms with Gasteiger partial charge in [0.15, 0.2) is 9.92 Å². The summed E-state index contributed by atoms with van der Waals surface area (Å²) in [7, 11) is -2.50. The maximum atomic E-state index is 16.1. The lowest BCUT2D eigenvalue weighted by molar-refractivity contribution is -0.0687. The number of amides is 2. The Hall–Kier alpha value is -4.97. The predicted octanol–water partition coefficient (Wildman–Crippen LogP) is 7.36. The number of benzene rings is 4. The van der Waals surface area contributed by atoms with Crippen molar-refractivity contribution in [2.24, 2.45) is 0 Å². The zero-order valence-electron chi connectivity index (χ0n) is 30.7. The molecule has 2 amide bonds. The Balaban J connectivity index is 1.25. The van der Waals surface area contributed by atoms with Crippen LogP contribution in [0.5, 0.6) is 5.88 Å². The smallest absolute Gasteiger partial charge is 0.336 e. The van der Waals surface area contributed by atoms with Gasteiger partial charge in [-0.1, -0.05) is 104 Å². The maximum Gasteiger partial charge on any atom is 0.336 e. The molecule has 1 saturated heterocycles. The van der Waals surface area contributed by atoms with Crippen molar-refractivity contribution in [2.45, 2.75) is 74.1 Å². The minimum Gasteiger partial charge on any atom is -0.475 e. The van der Waals surface area contributed by atoms with Crippen LogP contribution in [0.25, 0.3) is 0 Å². The fraction of sp³-hybridized carbons (Fsp3) is 0.349. The third kappa shape index (κ3) is 5.55. The van der Waals surface area contributed by atoms with Gasteiger partial charge in [0.2, 0.25) is 5.88 Å². The van der Waals surface area contributed by atoms with E-state index in [1.54, 1.807) is 11.8 Å². The highest BCUT2D eigenvalue weighted by Crippen LogP contribution is 2.49. The van der Waals surface area contributed by atoms with Crippen molar-refractivity contribution in [2.75, 3.05) is 32.1 Å². The van der Waals surface area contributed by atoms with Crippen molar-refractivity contribution in [1.29, 1.82) is 4.78 Å². The van der Waals surface area contributed by atoms with Crippen molar-refractivity contribution >= 4 is 21.6 Å². The van der Waals surface area contributed by atoms with E-state index in [0.717, 1.165) is 62.0 Å². The Morgan fingerprint density at radius 1 is 0.926 bits per heavy atom. The van der Waals surface area contributed by atoms with Crippen LogP contribution < -0.4 is 10.1 Å². The number of hydrogen-bond donors (Lipinski definition) is 2. The van der Waals surface area contributed by atoms with Crippen LogP contribution in [0.1, 0.15) is 64.6 Å². The first-order valence-electron chi connectivity index (χ1n) is 19.0. The Kier molecular flexibility index (Phi) is 8.83. The number of likely N-dealkylation sites (tertiary alicyclic amines) is 1. The molecule has 5 aromatic rings. The van der Waals surface area contributed by atoms with Crippen molar-refractivity contribution < 1.29 is 18.5 Å². The highest BCUT2D eigenvalue weighted by molar-refractivity contribution is 7.90. The lowest BCUT2D eigenvalue weighted by Gasteiger charge is -2.46. The third-order valence-corrected chi connectivity index (χ3v) is 13.8. The van der Waals surface area contributed by atoms with Crippen LogP contribution in [0.15, 0.2) is 108 Å². The minimum absolute atomic E-state index is 0.0548. The molecule has 4 aromatic carbocycles. The number of nitrogens with zero attached hydrogens (tertiary/aromatic N) is 4. The van der Waals surface area contributed by atoms with Gasteiger partial charge in [0, 0.05) is 25.9 Å². The zero-order valence-corrected chi connectivity index (χ0v) is 31.6. The van der Waals surface area contributed by atoms with Crippen LogP contribution in [0.4, 0.5) is 10.5 Å². The molecule has 3 heterocycles. The Morgan fingerprint density at radius 2 is 1.56 bits per heavy atom. The van der Waals surface area contributed by atoms with Gasteiger partial charge in [-0.3, -0.25) is 4.90 Å². The third-order valence-electron chi connectivity index (χ3n) is 12.0. The zero-order chi connectivity index (χ0) is 37.0. The first-order chi connectivity index (χ1) is 26.3. The topological polar surface area (TPSA) is 113 Å². The summed E-state index contributed by atoms with van der Waals surface area (Å²) in [6, 6.07) is 30.8. The number of carbonyl (C=O) groups excluding carboxylic acids is 1. The fourth-order valence-electron chi connectivity index (χ4n) is 9.25. The maximum absolute atomic E-state index is 16.1. The average Bonchev–Trinajstić information content (AvgIpc) is 3.93. The number of aryl methyl sites for hydroxylation is 2. The molecule has 2 aliphatic carbocycles. The van der Waals surface area contributed by atoms with Gasteiger partial charge in [-0.25, -0.2) is 22.8 Å². The molecule has 2 N–H and O–H groups in total. The van der Waals surface area contributed by atoms with Crippen molar-refractivity contribution in [3.05, 3.63) is 142 Å². The molecule has 3 atom stereocenters. The molecule has 278 valence electrons. The van der Waals surface area contributed by atoms with E-state index in [2.05, 4.69) is 28.3 Å². The number of nitrogens with one attached hydrogen (secondary N) is 2. The van der Waals surface area contributed by atoms with E-state index < -0.39 is 21.5 Å². The molecule has 0 unspecified atom stereocenters. The summed E-state index contributed by atoms with van der Waals surface area (Å²) in [4.78, 5) is 18.1. The van der Waals surface area contributed by atoms with Crippen molar-refractivity contribution in [3.8, 4) is 5.88 Å². The summed E-state index contributed by atoms with van der Waals surface area (Å²) in [5.41, 5.74) is 6.23. The quantitative estimate of drug-likeness (QED) is 0.153. The van der Waals surface area contributed by atoms with E-state index in [9.17, 15) is 4.78 Å². The fourth-order valence-corrected chi connectivity index (χ4v) is 11.0. The minimum atomic E-state index is -4.22. The van der Waals surface area contributed by atoms with Crippen LogP contribution in [-0.2, 0) is 46.0 Å². The van der Waals surface area contributed by atoms with Crippen LogP contribution in [-0.4, -0.2) is 68.2 Å². The number of ether oxygens (including phenoxy) is 2. The van der Waals surface area contributed by atoms with Gasteiger partial charge < -0.3 is 14.8 Å². The molecule has 1 fully saturated rings. The highest BCUT2D eigenvalue weighted by atomic mass is 32.2. The lowest BCUT2D eigenvalue weighted by atomic mass is 9.77. The van der Waals surface area contributed by atoms with Gasteiger partial charge >= 0.3 is 6.03 Å². The lowest BCUT2D eigenvalue weighted by Crippen LogP contribution is -2.59. The van der Waals surface area contributed by atoms with Gasteiger partial charge in [0.05, 0.1) is 24.9 Å². The first kappa shape index (κ1) is 34.8. The molecule has 4 aliphatic rings. The summed E-state index contributed by atoms with van der Waals surface area (Å²) in [6.45, 7) is 4.68. The van der Waals surface area contributed by atoms with Gasteiger partial charge in [-0.05, 0) is 77.0 Å². The Morgan fingerprint density at radius 3 is 2.17 bits per heavy atom. The molecule has 1 aromatic heterocycles. The summed E-state index contributed by atoms with van der Waals surface area (Å²) < 4.78 is 41.2. The van der Waals surface area contributed by atoms with Crippen molar-refractivity contribution in [1.82, 2.24) is 19.0 Å². The van der Waals surface area contributed by atoms with E-state index in [1.165, 1.54) is 21.6 Å². The molecule has 2 aliphatic heterocycles. The van der Waals surface area contributed by atoms with E-state index in [0.29, 0.717) is 29.8 Å². The second kappa shape index (κ2) is 13.7. The molecule has 0 saturated carbocycles. The number of methoxy groups -OCH3 is 1. The monoisotopic (exact) mass is 742 g/mol. The second-order valence-electron chi connectivity index (χ2n) is 15.1. The predicted molar refractivity (Wildman–Crippen MR) is 208 cm³/mol. The van der Waals surface area contributed by atoms with Crippen LogP contribution in [0.2, 0.25) is 0 Å². The number of urea groups is 1. The molecular formula is C43H46N6O4S. The summed E-state index contributed by atoms with van der Waals surface area (Å²) >= 11 is 0. The molecular weight excluding hydrogens is 697 g/mol. The number of carbonyl (C=O) groups is 1. The van der Waals surface area contributed by atoms with Crippen LogP contribution in [0, 0.1) is 4.78 Å². The van der Waals surface area contributed by atoms with E-state index >= 15 is 9.00 Å². The van der Waals surface area contributed by atoms with E-state index in [-0.39, 0.29) is 28.8 Å². The summed E-state index contributed by atoms with van der Waals surface area (Å²) in [6.07, 6.45) is 6.45. The first-order valence-corrected chi connectivity index (χ1v) is 20.5. The molecule has 9 rings (SSSR count). The normalized spacial score (nSPS) is 20.6. The van der Waals surface area contributed by atoms with Crippen LogP contribution >= 0.6 is 0 Å². The van der Waals surface area contributed by atoms with Crippen molar-refractivity contribution in [3.63, 3.8) is 0 Å². The summed E-state index contributed by atoms with van der Waals surface area (Å²) in [5, 5.41) is 8.04. The van der Waals surface area contributed by atoms with Gasteiger partial charge in [-0.2, -0.15) is 5.10 Å². The molecule has 10 nitrogen and oxygen atoms in total. The number of rotatable bonds is 9. The summed E-state index contributed by atoms with van der Waals surface area (Å²) in [5.74, 6) is 0.512. The molecule has 0 radical (unpaired) electrons. The average molecular weight is 743 g/mol. The number of hydrogen-bond acceptors (Lipinski definition) is 7. The van der Waals surface area contributed by atoms with Crippen LogP contribution in [0.3, 0.4) is 0 Å². The Labute approximate surface area is 317 Å². The second-order valence-corrected chi connectivity index (χ2v) is 16.9. The van der Waals surface area contributed by atoms with E-state index in [1.807, 2.05) is 91.0 Å². The molecule has 54 heavy (non-hydrogen) atoms. The van der Waals surface area contributed by atoms with Gasteiger partial charge in [-0.15, -0.1) is 0 Å². The van der Waals surface area contributed by atoms with E-state index in [4.69, 9.17) is 9.47 Å². The highest BCUT2D eigenvalue weighted by Gasteiger charge is 2.52. The number of aromatic nitrogens is 2.